The van der Waals surface area contributed by atoms with Crippen LogP contribution in [0.2, 0.25) is 0 Å². The number of nitrogens with zero attached hydrogens (tertiary/aromatic N) is 2. The van der Waals surface area contributed by atoms with Crippen molar-refractivity contribution in [1.29, 1.82) is 0 Å². The summed E-state index contributed by atoms with van der Waals surface area (Å²) in [7, 11) is 0. The van der Waals surface area contributed by atoms with Crippen LogP contribution in [0.1, 0.15) is 11.1 Å². The first kappa shape index (κ1) is 14.4. The quantitative estimate of drug-likeness (QED) is 0.768. The summed E-state index contributed by atoms with van der Waals surface area (Å²) >= 11 is 0. The molecule has 0 radical (unpaired) electrons. The second kappa shape index (κ2) is 7.55. The molecule has 0 spiro atoms. The van der Waals surface area contributed by atoms with Crippen LogP contribution in [0.5, 0.6) is 0 Å². The van der Waals surface area contributed by atoms with Crippen molar-refractivity contribution in [3.05, 3.63) is 29.6 Å². The molecule has 0 bridgehead atoms. The first-order valence-electron chi connectivity index (χ1n) is 6.84. The van der Waals surface area contributed by atoms with E-state index in [1.807, 2.05) is 12.3 Å². The van der Waals surface area contributed by atoms with Gasteiger partial charge in [-0.25, -0.2) is 0 Å². The fourth-order valence-electron chi connectivity index (χ4n) is 2.20. The summed E-state index contributed by atoms with van der Waals surface area (Å²) in [6.45, 7) is 7.51. The smallest absolute Gasteiger partial charge is 0.0791 e. The van der Waals surface area contributed by atoms with Crippen LogP contribution >= 0.6 is 0 Å². The number of aryl methyl sites for hydroxylation is 1. The van der Waals surface area contributed by atoms with Crippen LogP contribution in [0, 0.1) is 6.92 Å². The molecule has 19 heavy (non-hydrogen) atoms. The third kappa shape index (κ3) is 4.87. The topological polar surface area (TPSA) is 57.6 Å². The highest BCUT2D eigenvalue weighted by atomic mass is 16.5. The van der Waals surface area contributed by atoms with Gasteiger partial charge in [0.2, 0.25) is 0 Å². The van der Waals surface area contributed by atoms with Crippen molar-refractivity contribution in [3.63, 3.8) is 0 Å². The van der Waals surface area contributed by atoms with Gasteiger partial charge in [0.05, 0.1) is 19.3 Å². The predicted octanol–water partition coefficient (Wildman–Crippen LogP) is 0.173. The first-order valence-corrected chi connectivity index (χ1v) is 6.84. The van der Waals surface area contributed by atoms with Gasteiger partial charge in [-0.15, -0.1) is 0 Å². The van der Waals surface area contributed by atoms with Gasteiger partial charge in [-0.1, -0.05) is 0 Å². The molecule has 0 saturated carbocycles. The molecular weight excluding hydrogens is 242 g/mol. The van der Waals surface area contributed by atoms with Crippen LogP contribution in [0.15, 0.2) is 18.5 Å². The number of nitrogens with one attached hydrogen (secondary N) is 1. The van der Waals surface area contributed by atoms with E-state index in [2.05, 4.69) is 22.1 Å². The molecule has 1 saturated heterocycles. The van der Waals surface area contributed by atoms with Gasteiger partial charge in [0.15, 0.2) is 0 Å². The van der Waals surface area contributed by atoms with Crippen LogP contribution in [0.4, 0.5) is 0 Å². The lowest BCUT2D eigenvalue weighted by molar-refractivity contribution is 0.0149. The molecule has 2 rings (SSSR count). The summed E-state index contributed by atoms with van der Waals surface area (Å²) in [6, 6.07) is 2.00. The molecule has 2 N–H and O–H groups in total. The zero-order valence-corrected chi connectivity index (χ0v) is 11.5. The summed E-state index contributed by atoms with van der Waals surface area (Å²) in [5.74, 6) is 0. The van der Waals surface area contributed by atoms with Gasteiger partial charge in [-0.3, -0.25) is 9.88 Å². The molecule has 1 aliphatic heterocycles. The fourth-order valence-corrected chi connectivity index (χ4v) is 2.20. The number of morpholine rings is 1. The normalized spacial score (nSPS) is 18.4. The number of pyridine rings is 1. The van der Waals surface area contributed by atoms with E-state index in [4.69, 9.17) is 4.74 Å². The molecule has 0 aromatic carbocycles. The molecule has 1 aromatic heterocycles. The van der Waals surface area contributed by atoms with E-state index in [1.54, 1.807) is 6.20 Å². The van der Waals surface area contributed by atoms with E-state index in [0.717, 1.165) is 32.8 Å². The molecule has 0 aliphatic carbocycles. The van der Waals surface area contributed by atoms with Gasteiger partial charge in [-0.2, -0.15) is 0 Å². The van der Waals surface area contributed by atoms with Gasteiger partial charge in [0, 0.05) is 45.1 Å². The van der Waals surface area contributed by atoms with E-state index in [-0.39, 0.29) is 6.10 Å². The largest absolute Gasteiger partial charge is 0.390 e. The monoisotopic (exact) mass is 265 g/mol. The average molecular weight is 265 g/mol. The Bertz CT molecular complexity index is 381. The Hall–Kier alpha value is -1.01. The Labute approximate surface area is 114 Å². The van der Waals surface area contributed by atoms with Gasteiger partial charge < -0.3 is 15.2 Å². The lowest BCUT2D eigenvalue weighted by atomic mass is 10.1. The van der Waals surface area contributed by atoms with Gasteiger partial charge in [-0.05, 0) is 24.1 Å². The number of hydrogen-bond donors (Lipinski definition) is 2. The summed E-state index contributed by atoms with van der Waals surface area (Å²) in [4.78, 5) is 6.35. The average Bonchev–Trinajstić information content (AvgIpc) is 2.42. The van der Waals surface area contributed by atoms with Gasteiger partial charge in [0.1, 0.15) is 0 Å². The number of aliphatic hydroxyl groups excluding tert-OH is 1. The van der Waals surface area contributed by atoms with Crippen molar-refractivity contribution in [2.75, 3.05) is 39.4 Å². The molecule has 1 atom stereocenters. The minimum absolute atomic E-state index is 0.338. The van der Waals surface area contributed by atoms with Crippen molar-refractivity contribution >= 4 is 0 Å². The minimum Gasteiger partial charge on any atom is -0.390 e. The maximum Gasteiger partial charge on any atom is 0.0791 e. The Morgan fingerprint density at radius 3 is 3.00 bits per heavy atom. The molecule has 1 aromatic rings. The highest BCUT2D eigenvalue weighted by Gasteiger charge is 2.14. The highest BCUT2D eigenvalue weighted by molar-refractivity contribution is 5.20. The van der Waals surface area contributed by atoms with Crippen molar-refractivity contribution < 1.29 is 9.84 Å². The third-order valence-corrected chi connectivity index (χ3v) is 3.42. The molecule has 2 heterocycles. The Morgan fingerprint density at radius 1 is 1.47 bits per heavy atom. The van der Waals surface area contributed by atoms with E-state index in [9.17, 15) is 5.11 Å². The number of ether oxygens (including phenoxy) is 1. The summed E-state index contributed by atoms with van der Waals surface area (Å²) in [5, 5.41) is 13.3. The van der Waals surface area contributed by atoms with Crippen LogP contribution in [0.3, 0.4) is 0 Å². The third-order valence-electron chi connectivity index (χ3n) is 3.42. The van der Waals surface area contributed by atoms with E-state index in [1.165, 1.54) is 11.1 Å². The van der Waals surface area contributed by atoms with E-state index in [0.29, 0.717) is 13.1 Å². The molecule has 5 nitrogen and oxygen atoms in total. The lowest BCUT2D eigenvalue weighted by Crippen LogP contribution is -2.43. The van der Waals surface area contributed by atoms with Gasteiger partial charge in [0.25, 0.3) is 0 Å². The first-order chi connectivity index (χ1) is 9.25. The van der Waals surface area contributed by atoms with Crippen LogP contribution in [0.25, 0.3) is 0 Å². The maximum absolute atomic E-state index is 9.99. The number of hydrogen-bond acceptors (Lipinski definition) is 5. The number of aliphatic hydroxyl groups is 1. The molecule has 1 fully saturated rings. The molecule has 1 aliphatic rings. The second-order valence-electron chi connectivity index (χ2n) is 5.00. The standard InChI is InChI=1S/C14H23N3O2/c1-12-2-3-15-8-13(12)9-16-10-14(18)11-17-4-6-19-7-5-17/h2-3,8,14,16,18H,4-7,9-11H2,1H3. The van der Waals surface area contributed by atoms with Crippen molar-refractivity contribution in [3.8, 4) is 0 Å². The van der Waals surface area contributed by atoms with E-state index >= 15 is 0 Å². The number of aromatic nitrogens is 1. The molecule has 5 heteroatoms. The molecule has 106 valence electrons. The molecule has 0 amide bonds. The molecular formula is C14H23N3O2. The van der Waals surface area contributed by atoms with Crippen LogP contribution < -0.4 is 5.32 Å². The second-order valence-corrected chi connectivity index (χ2v) is 5.00. The highest BCUT2D eigenvalue weighted by Crippen LogP contribution is 2.04. The van der Waals surface area contributed by atoms with Crippen LogP contribution in [-0.2, 0) is 11.3 Å². The maximum atomic E-state index is 9.99. The summed E-state index contributed by atoms with van der Waals surface area (Å²) in [5.41, 5.74) is 2.41. The SMILES string of the molecule is Cc1ccncc1CNCC(O)CN1CCOCC1. The Balaban J connectivity index is 1.66. The Kier molecular flexibility index (Phi) is 5.72. The van der Waals surface area contributed by atoms with Crippen molar-refractivity contribution in [2.24, 2.45) is 0 Å². The lowest BCUT2D eigenvalue weighted by Gasteiger charge is -2.28. The number of rotatable bonds is 6. The number of β-amino-alcohol motifs (C(OH)–C–C–N with tert-alkyl or cyclic N) is 1. The van der Waals surface area contributed by atoms with E-state index < -0.39 is 0 Å². The summed E-state index contributed by atoms with van der Waals surface area (Å²) in [6.07, 6.45) is 3.33. The van der Waals surface area contributed by atoms with Crippen LogP contribution in [-0.4, -0.2) is 60.5 Å². The zero-order chi connectivity index (χ0) is 13.5. The zero-order valence-electron chi connectivity index (χ0n) is 11.5. The van der Waals surface area contributed by atoms with Crippen molar-refractivity contribution in [2.45, 2.75) is 19.6 Å². The minimum atomic E-state index is -0.338. The molecule has 1 unspecified atom stereocenters. The van der Waals surface area contributed by atoms with Crippen molar-refractivity contribution in [1.82, 2.24) is 15.2 Å². The van der Waals surface area contributed by atoms with Gasteiger partial charge >= 0.3 is 0 Å². The predicted molar refractivity (Wildman–Crippen MR) is 73.9 cm³/mol. The summed E-state index contributed by atoms with van der Waals surface area (Å²) < 4.78 is 5.29. The Morgan fingerprint density at radius 2 is 2.26 bits per heavy atom. The fraction of sp³-hybridized carbons (Fsp3) is 0.643.